The molecule has 1 aliphatic heterocycles. The molecule has 1 aromatic carbocycles. The van der Waals surface area contributed by atoms with E-state index in [0.717, 1.165) is 42.8 Å². The van der Waals surface area contributed by atoms with Gasteiger partial charge in [-0.3, -0.25) is 4.79 Å². The molecule has 1 amide bonds. The first kappa shape index (κ1) is 24.0. The van der Waals surface area contributed by atoms with Gasteiger partial charge in [0.05, 0.1) is 16.1 Å². The maximum atomic E-state index is 12.9. The number of nitrogens with two attached hydrogens (primary N) is 1. The third-order valence-electron chi connectivity index (χ3n) is 5.86. The average Bonchev–Trinajstić information content (AvgIpc) is 3.13. The van der Waals surface area contributed by atoms with Gasteiger partial charge < -0.3 is 16.0 Å². The summed E-state index contributed by atoms with van der Waals surface area (Å²) in [5, 5.41) is 4.37. The lowest BCUT2D eigenvalue weighted by Gasteiger charge is -2.22. The minimum Gasteiger partial charge on any atom is -0.355 e. The van der Waals surface area contributed by atoms with Crippen LogP contribution in [-0.2, 0) is 0 Å². The molecule has 2 heterocycles. The third-order valence-corrected chi connectivity index (χ3v) is 6.17. The van der Waals surface area contributed by atoms with E-state index >= 15 is 0 Å². The van der Waals surface area contributed by atoms with E-state index in [9.17, 15) is 4.79 Å². The minimum absolute atomic E-state index is 0. The first-order valence-electron chi connectivity index (χ1n) is 10.00. The van der Waals surface area contributed by atoms with Gasteiger partial charge in [-0.05, 0) is 49.4 Å². The van der Waals surface area contributed by atoms with Crippen LogP contribution in [0.25, 0.3) is 10.9 Å². The molecule has 1 saturated heterocycles. The quantitative estimate of drug-likeness (QED) is 0.702. The van der Waals surface area contributed by atoms with Crippen LogP contribution in [-0.4, -0.2) is 36.6 Å². The van der Waals surface area contributed by atoms with E-state index in [0.29, 0.717) is 16.5 Å². The standard InChI is InChI=1S/C21H27ClN4O.2ClH/c22-17-7-8-18-16(6-9-19(25-18)26-11-10-15(23)13-26)20(17)21(27)24-12-14-4-2-1-3-5-14;;/h6-9,14-15H,1-5,10-13,23H2,(H,24,27);2*1H/t15-;;/m1../s1. The fraction of sp³-hybridized carbons (Fsp3) is 0.524. The Bertz CT molecular complexity index is 842. The zero-order valence-electron chi connectivity index (χ0n) is 16.4. The minimum atomic E-state index is -0.103. The summed E-state index contributed by atoms with van der Waals surface area (Å²) >= 11 is 6.39. The van der Waals surface area contributed by atoms with Crippen molar-refractivity contribution in [3.8, 4) is 0 Å². The number of fused-ring (bicyclic) bond motifs is 1. The van der Waals surface area contributed by atoms with Gasteiger partial charge in [-0.2, -0.15) is 0 Å². The zero-order valence-corrected chi connectivity index (χ0v) is 18.8. The molecular formula is C21H29Cl3N4O. The summed E-state index contributed by atoms with van der Waals surface area (Å²) < 4.78 is 0. The van der Waals surface area contributed by atoms with Crippen LogP contribution >= 0.6 is 36.4 Å². The largest absolute Gasteiger partial charge is 0.355 e. The number of pyridine rings is 1. The lowest BCUT2D eigenvalue weighted by molar-refractivity contribution is 0.0945. The van der Waals surface area contributed by atoms with E-state index in [1.54, 1.807) is 6.07 Å². The molecule has 0 radical (unpaired) electrons. The molecule has 2 fully saturated rings. The number of halogens is 3. The fourth-order valence-electron chi connectivity index (χ4n) is 4.29. The number of carbonyl (C=O) groups excluding carboxylic acids is 1. The summed E-state index contributed by atoms with van der Waals surface area (Å²) in [5.74, 6) is 1.39. The summed E-state index contributed by atoms with van der Waals surface area (Å²) in [4.78, 5) is 19.8. The maximum absolute atomic E-state index is 12.9. The highest BCUT2D eigenvalue weighted by Crippen LogP contribution is 2.29. The molecule has 2 aromatic rings. The number of rotatable bonds is 4. The number of nitrogens with zero attached hydrogens (tertiary/aromatic N) is 2. The number of nitrogens with one attached hydrogen (secondary N) is 1. The van der Waals surface area contributed by atoms with Crippen molar-refractivity contribution < 1.29 is 4.79 Å². The maximum Gasteiger partial charge on any atom is 0.253 e. The van der Waals surface area contributed by atoms with E-state index < -0.39 is 0 Å². The van der Waals surface area contributed by atoms with Crippen molar-refractivity contribution in [2.75, 3.05) is 24.5 Å². The summed E-state index contributed by atoms with van der Waals surface area (Å²) in [7, 11) is 0. The summed E-state index contributed by atoms with van der Waals surface area (Å²) in [6.45, 7) is 2.46. The Labute approximate surface area is 189 Å². The van der Waals surface area contributed by atoms with Gasteiger partial charge in [0.2, 0.25) is 0 Å². The van der Waals surface area contributed by atoms with Crippen LogP contribution in [0.4, 0.5) is 5.82 Å². The molecule has 1 atom stereocenters. The number of hydrogen-bond acceptors (Lipinski definition) is 4. The van der Waals surface area contributed by atoms with E-state index in [1.165, 1.54) is 32.1 Å². The summed E-state index contributed by atoms with van der Waals surface area (Å²) in [6.07, 6.45) is 7.23. The Balaban J connectivity index is 0.00000150. The monoisotopic (exact) mass is 458 g/mol. The van der Waals surface area contributed by atoms with Crippen LogP contribution in [0.1, 0.15) is 48.9 Å². The van der Waals surface area contributed by atoms with Crippen molar-refractivity contribution in [2.24, 2.45) is 11.7 Å². The smallest absolute Gasteiger partial charge is 0.253 e. The predicted octanol–water partition coefficient (Wildman–Crippen LogP) is 4.58. The molecule has 8 heteroatoms. The van der Waals surface area contributed by atoms with Crippen LogP contribution in [0.5, 0.6) is 0 Å². The van der Waals surface area contributed by atoms with Crippen molar-refractivity contribution in [2.45, 2.75) is 44.6 Å². The molecule has 2 aliphatic rings. The molecular weight excluding hydrogens is 431 g/mol. The molecule has 4 rings (SSSR count). The van der Waals surface area contributed by atoms with Crippen molar-refractivity contribution >= 4 is 59.0 Å². The van der Waals surface area contributed by atoms with E-state index in [-0.39, 0.29) is 36.8 Å². The molecule has 0 spiro atoms. The number of amides is 1. The van der Waals surface area contributed by atoms with Gasteiger partial charge in [0.15, 0.2) is 0 Å². The first-order valence-corrected chi connectivity index (χ1v) is 10.4. The van der Waals surface area contributed by atoms with Crippen LogP contribution in [0.2, 0.25) is 5.02 Å². The third kappa shape index (κ3) is 5.46. The summed E-state index contributed by atoms with van der Waals surface area (Å²) in [6, 6.07) is 7.78. The highest BCUT2D eigenvalue weighted by Gasteiger charge is 2.22. The van der Waals surface area contributed by atoms with E-state index in [4.69, 9.17) is 22.3 Å². The van der Waals surface area contributed by atoms with Crippen molar-refractivity contribution in [1.29, 1.82) is 0 Å². The van der Waals surface area contributed by atoms with Gasteiger partial charge in [-0.25, -0.2) is 4.98 Å². The molecule has 0 unspecified atom stereocenters. The van der Waals surface area contributed by atoms with Gasteiger partial charge in [0.25, 0.3) is 5.91 Å². The topological polar surface area (TPSA) is 71.2 Å². The zero-order chi connectivity index (χ0) is 18.8. The first-order chi connectivity index (χ1) is 13.1. The summed E-state index contributed by atoms with van der Waals surface area (Å²) in [5.41, 5.74) is 7.34. The molecule has 5 nitrogen and oxygen atoms in total. The van der Waals surface area contributed by atoms with Gasteiger partial charge in [0, 0.05) is 31.1 Å². The van der Waals surface area contributed by atoms with Gasteiger partial charge >= 0.3 is 0 Å². The number of aromatic nitrogens is 1. The second-order valence-electron chi connectivity index (χ2n) is 7.87. The fourth-order valence-corrected chi connectivity index (χ4v) is 4.54. The lowest BCUT2D eigenvalue weighted by atomic mass is 9.89. The molecule has 3 N–H and O–H groups in total. The average molecular weight is 460 g/mol. The molecule has 1 aromatic heterocycles. The Morgan fingerprint density at radius 2 is 1.90 bits per heavy atom. The van der Waals surface area contributed by atoms with E-state index in [2.05, 4.69) is 10.2 Å². The second kappa shape index (κ2) is 10.7. The molecule has 29 heavy (non-hydrogen) atoms. The highest BCUT2D eigenvalue weighted by atomic mass is 35.5. The SMILES string of the molecule is Cl.Cl.N[C@@H]1CCN(c2ccc3c(C(=O)NCC4CCCCC4)c(Cl)ccc3n2)C1. The van der Waals surface area contributed by atoms with Gasteiger partial charge in [0.1, 0.15) is 5.82 Å². The van der Waals surface area contributed by atoms with E-state index in [1.807, 2.05) is 18.2 Å². The van der Waals surface area contributed by atoms with Crippen LogP contribution < -0.4 is 16.0 Å². The van der Waals surface area contributed by atoms with Crippen LogP contribution in [0.15, 0.2) is 24.3 Å². The van der Waals surface area contributed by atoms with Crippen molar-refractivity contribution in [3.63, 3.8) is 0 Å². The number of anilines is 1. The van der Waals surface area contributed by atoms with Crippen LogP contribution in [0, 0.1) is 5.92 Å². The highest BCUT2D eigenvalue weighted by molar-refractivity contribution is 6.35. The van der Waals surface area contributed by atoms with Crippen molar-refractivity contribution in [1.82, 2.24) is 10.3 Å². The Kier molecular flexibility index (Phi) is 8.83. The molecule has 160 valence electrons. The number of benzene rings is 1. The second-order valence-corrected chi connectivity index (χ2v) is 8.27. The molecule has 1 saturated carbocycles. The van der Waals surface area contributed by atoms with Crippen LogP contribution in [0.3, 0.4) is 0 Å². The Morgan fingerprint density at radius 3 is 2.59 bits per heavy atom. The Hall–Kier alpha value is -1.27. The number of carbonyl (C=O) groups is 1. The normalized spacial score (nSPS) is 19.5. The molecule has 0 bridgehead atoms. The number of hydrogen-bond donors (Lipinski definition) is 2. The predicted molar refractivity (Wildman–Crippen MR) is 125 cm³/mol. The Morgan fingerprint density at radius 1 is 1.14 bits per heavy atom. The van der Waals surface area contributed by atoms with Crippen molar-refractivity contribution in [3.05, 3.63) is 34.9 Å². The molecule has 1 aliphatic carbocycles. The van der Waals surface area contributed by atoms with Gasteiger partial charge in [-0.1, -0.05) is 30.9 Å². The lowest BCUT2D eigenvalue weighted by Crippen LogP contribution is -2.30. The van der Waals surface area contributed by atoms with Gasteiger partial charge in [-0.15, -0.1) is 24.8 Å².